The summed E-state index contributed by atoms with van der Waals surface area (Å²) in [6.07, 6.45) is -0.00928. The summed E-state index contributed by atoms with van der Waals surface area (Å²) in [5.41, 5.74) is 2.11. The number of carbonyl (C=O) groups is 1. The SMILES string of the molecule is Cc1cccc(CN2CC(S(N)(=O)=O)CC2=O)c1. The van der Waals surface area contributed by atoms with Crippen LogP contribution in [0.2, 0.25) is 0 Å². The number of primary sulfonamides is 1. The Kier molecular flexibility index (Phi) is 3.41. The van der Waals surface area contributed by atoms with Crippen molar-refractivity contribution in [1.82, 2.24) is 4.90 Å². The molecule has 1 aliphatic heterocycles. The Morgan fingerprint density at radius 2 is 2.17 bits per heavy atom. The first-order valence-corrected chi connectivity index (χ1v) is 7.32. The van der Waals surface area contributed by atoms with Gasteiger partial charge < -0.3 is 4.90 Å². The topological polar surface area (TPSA) is 80.5 Å². The Bertz CT molecular complexity index is 568. The molecule has 0 radical (unpaired) electrons. The zero-order valence-electron chi connectivity index (χ0n) is 10.2. The van der Waals surface area contributed by atoms with E-state index >= 15 is 0 Å². The Morgan fingerprint density at radius 3 is 2.72 bits per heavy atom. The number of nitrogens with zero attached hydrogens (tertiary/aromatic N) is 1. The largest absolute Gasteiger partial charge is 0.337 e. The second kappa shape index (κ2) is 4.70. The normalized spacial score (nSPS) is 20.4. The van der Waals surface area contributed by atoms with E-state index in [-0.39, 0.29) is 18.9 Å². The highest BCUT2D eigenvalue weighted by atomic mass is 32.2. The van der Waals surface area contributed by atoms with E-state index in [9.17, 15) is 13.2 Å². The monoisotopic (exact) mass is 268 g/mol. The fourth-order valence-corrected chi connectivity index (χ4v) is 2.90. The molecule has 1 fully saturated rings. The second-order valence-electron chi connectivity index (χ2n) is 4.68. The van der Waals surface area contributed by atoms with Crippen LogP contribution in [0.1, 0.15) is 17.5 Å². The summed E-state index contributed by atoms with van der Waals surface area (Å²) in [6, 6.07) is 7.80. The van der Waals surface area contributed by atoms with Crippen molar-refractivity contribution in [2.75, 3.05) is 6.54 Å². The summed E-state index contributed by atoms with van der Waals surface area (Å²) >= 11 is 0. The maximum atomic E-state index is 11.7. The van der Waals surface area contributed by atoms with E-state index in [4.69, 9.17) is 5.14 Å². The van der Waals surface area contributed by atoms with Gasteiger partial charge in [-0.1, -0.05) is 29.8 Å². The molecule has 6 heteroatoms. The van der Waals surface area contributed by atoms with Gasteiger partial charge in [0.2, 0.25) is 15.9 Å². The molecule has 0 aliphatic carbocycles. The van der Waals surface area contributed by atoms with Crippen LogP contribution in [-0.4, -0.2) is 31.0 Å². The van der Waals surface area contributed by atoms with E-state index in [2.05, 4.69) is 0 Å². The molecule has 1 aliphatic rings. The molecule has 0 bridgehead atoms. The van der Waals surface area contributed by atoms with Crippen LogP contribution in [-0.2, 0) is 21.4 Å². The molecule has 1 amide bonds. The summed E-state index contributed by atoms with van der Waals surface area (Å²) in [4.78, 5) is 13.3. The van der Waals surface area contributed by atoms with Gasteiger partial charge in [-0.2, -0.15) is 0 Å². The Labute approximate surface area is 107 Å². The number of likely N-dealkylation sites (tertiary alicyclic amines) is 1. The third kappa shape index (κ3) is 2.88. The molecule has 1 saturated heterocycles. The van der Waals surface area contributed by atoms with Gasteiger partial charge in [0.1, 0.15) is 5.25 Å². The lowest BCUT2D eigenvalue weighted by Crippen LogP contribution is -2.31. The molecule has 2 rings (SSSR count). The highest BCUT2D eigenvalue weighted by Gasteiger charge is 2.36. The molecule has 1 atom stereocenters. The highest BCUT2D eigenvalue weighted by Crippen LogP contribution is 2.19. The third-order valence-corrected chi connectivity index (χ3v) is 4.34. The van der Waals surface area contributed by atoms with Crippen LogP contribution < -0.4 is 5.14 Å². The highest BCUT2D eigenvalue weighted by molar-refractivity contribution is 7.89. The maximum Gasteiger partial charge on any atom is 0.224 e. The molecule has 2 N–H and O–H groups in total. The van der Waals surface area contributed by atoms with Gasteiger partial charge in [0.05, 0.1) is 0 Å². The zero-order valence-corrected chi connectivity index (χ0v) is 11.0. The first kappa shape index (κ1) is 13.0. The van der Waals surface area contributed by atoms with Crippen molar-refractivity contribution >= 4 is 15.9 Å². The quantitative estimate of drug-likeness (QED) is 0.860. The van der Waals surface area contributed by atoms with Crippen molar-refractivity contribution in [1.29, 1.82) is 0 Å². The Hall–Kier alpha value is -1.40. The van der Waals surface area contributed by atoms with Crippen molar-refractivity contribution in [3.05, 3.63) is 35.4 Å². The number of aryl methyl sites for hydroxylation is 1. The van der Waals surface area contributed by atoms with Gasteiger partial charge in [-0.25, -0.2) is 13.6 Å². The molecule has 18 heavy (non-hydrogen) atoms. The molecule has 98 valence electrons. The number of amides is 1. The second-order valence-corrected chi connectivity index (χ2v) is 6.52. The van der Waals surface area contributed by atoms with E-state index in [0.717, 1.165) is 11.1 Å². The van der Waals surface area contributed by atoms with E-state index in [0.29, 0.717) is 6.54 Å². The summed E-state index contributed by atoms with van der Waals surface area (Å²) in [5, 5.41) is 4.31. The van der Waals surface area contributed by atoms with Crippen molar-refractivity contribution < 1.29 is 13.2 Å². The van der Waals surface area contributed by atoms with Crippen LogP contribution in [0.3, 0.4) is 0 Å². The minimum Gasteiger partial charge on any atom is -0.337 e. The summed E-state index contributed by atoms with van der Waals surface area (Å²) < 4.78 is 22.5. The Morgan fingerprint density at radius 1 is 1.44 bits per heavy atom. The number of rotatable bonds is 3. The molecule has 1 heterocycles. The van der Waals surface area contributed by atoms with Gasteiger partial charge in [0.25, 0.3) is 0 Å². The molecule has 1 aromatic carbocycles. The van der Waals surface area contributed by atoms with Gasteiger partial charge >= 0.3 is 0 Å². The van der Waals surface area contributed by atoms with Crippen LogP contribution in [0.25, 0.3) is 0 Å². The fourth-order valence-electron chi connectivity index (χ4n) is 2.14. The fraction of sp³-hybridized carbons (Fsp3) is 0.417. The molecule has 1 aromatic rings. The number of benzene rings is 1. The van der Waals surface area contributed by atoms with Crippen molar-refractivity contribution in [3.63, 3.8) is 0 Å². The first-order chi connectivity index (χ1) is 8.36. The average molecular weight is 268 g/mol. The number of nitrogens with two attached hydrogens (primary N) is 1. The van der Waals surface area contributed by atoms with Crippen LogP contribution >= 0.6 is 0 Å². The average Bonchev–Trinajstić information content (AvgIpc) is 2.60. The summed E-state index contributed by atoms with van der Waals surface area (Å²) in [6.45, 7) is 2.60. The standard InChI is InChI=1S/C12H16N2O3S/c1-9-3-2-4-10(5-9)7-14-8-11(6-12(14)15)18(13,16)17/h2-5,11H,6-8H2,1H3,(H2,13,16,17). The lowest BCUT2D eigenvalue weighted by molar-refractivity contribution is -0.128. The van der Waals surface area contributed by atoms with Gasteiger partial charge in [-0.05, 0) is 12.5 Å². The number of carbonyl (C=O) groups excluding carboxylic acids is 1. The minimum absolute atomic E-state index is 0.00928. The van der Waals surface area contributed by atoms with Gasteiger partial charge in [-0.15, -0.1) is 0 Å². The smallest absolute Gasteiger partial charge is 0.224 e. The molecule has 1 unspecified atom stereocenters. The van der Waals surface area contributed by atoms with Crippen molar-refractivity contribution in [2.24, 2.45) is 5.14 Å². The van der Waals surface area contributed by atoms with Crippen LogP contribution in [0.15, 0.2) is 24.3 Å². The Balaban J connectivity index is 2.10. The van der Waals surface area contributed by atoms with Crippen LogP contribution in [0.4, 0.5) is 0 Å². The van der Waals surface area contributed by atoms with E-state index in [1.165, 1.54) is 0 Å². The van der Waals surface area contributed by atoms with Crippen molar-refractivity contribution in [3.8, 4) is 0 Å². The van der Waals surface area contributed by atoms with Gasteiger partial charge in [-0.3, -0.25) is 4.79 Å². The summed E-state index contributed by atoms with van der Waals surface area (Å²) in [5.74, 6) is -0.157. The molecule has 0 aromatic heterocycles. The lowest BCUT2D eigenvalue weighted by atomic mass is 10.1. The number of hydrogen-bond donors (Lipinski definition) is 1. The van der Waals surface area contributed by atoms with E-state index < -0.39 is 15.3 Å². The molecule has 0 spiro atoms. The lowest BCUT2D eigenvalue weighted by Gasteiger charge is -2.16. The molecule has 0 saturated carbocycles. The maximum absolute atomic E-state index is 11.7. The van der Waals surface area contributed by atoms with Crippen LogP contribution in [0, 0.1) is 6.92 Å². The van der Waals surface area contributed by atoms with Gasteiger partial charge in [0.15, 0.2) is 0 Å². The molecule has 5 nitrogen and oxygen atoms in total. The third-order valence-electron chi connectivity index (χ3n) is 3.10. The van der Waals surface area contributed by atoms with E-state index in [1.54, 1.807) is 4.90 Å². The van der Waals surface area contributed by atoms with Crippen LogP contribution in [0.5, 0.6) is 0 Å². The number of sulfonamides is 1. The zero-order chi connectivity index (χ0) is 13.3. The van der Waals surface area contributed by atoms with Crippen molar-refractivity contribution in [2.45, 2.75) is 25.1 Å². The van der Waals surface area contributed by atoms with E-state index in [1.807, 2.05) is 31.2 Å². The first-order valence-electron chi connectivity index (χ1n) is 5.71. The molecular formula is C12H16N2O3S. The molecular weight excluding hydrogens is 252 g/mol. The van der Waals surface area contributed by atoms with Gasteiger partial charge in [0, 0.05) is 19.5 Å². The minimum atomic E-state index is -3.63. The summed E-state index contributed by atoms with van der Waals surface area (Å²) in [7, 11) is -3.63. The number of hydrogen-bond acceptors (Lipinski definition) is 3. The predicted molar refractivity (Wildman–Crippen MR) is 68.1 cm³/mol. The predicted octanol–water partition coefficient (Wildman–Crippen LogP) is 0.384.